The van der Waals surface area contributed by atoms with E-state index in [0.29, 0.717) is 24.3 Å². The van der Waals surface area contributed by atoms with Gasteiger partial charge in [-0.25, -0.2) is 0 Å². The van der Waals surface area contributed by atoms with Gasteiger partial charge in [-0.15, -0.1) is 0 Å². The highest BCUT2D eigenvalue weighted by molar-refractivity contribution is 5.99. The molecule has 1 amide bonds. The third-order valence-corrected chi connectivity index (χ3v) is 3.37. The van der Waals surface area contributed by atoms with E-state index in [0.717, 1.165) is 6.42 Å². The Hall–Kier alpha value is -2.29. The summed E-state index contributed by atoms with van der Waals surface area (Å²) in [6.45, 7) is 3.37. The number of nitrogen functional groups attached to an aromatic ring is 1. The molecular weight excluding hydrogens is 248 g/mol. The molecule has 0 aliphatic carbocycles. The van der Waals surface area contributed by atoms with E-state index in [2.05, 4.69) is 12.1 Å². The summed E-state index contributed by atoms with van der Waals surface area (Å²) in [6, 6.07) is 17.4. The number of nitrogens with zero attached hydrogens (tertiary/aromatic N) is 1. The Morgan fingerprint density at radius 1 is 1.05 bits per heavy atom. The highest BCUT2D eigenvalue weighted by Gasteiger charge is 2.15. The molecule has 0 radical (unpaired) electrons. The number of nitrogens with two attached hydrogens (primary N) is 1. The molecule has 0 aliphatic rings. The Bertz CT molecular complexity index is 566. The maximum absolute atomic E-state index is 12.5. The SMILES string of the molecule is CCN(CCc1ccccc1)C(=O)c1ccccc1N. The van der Waals surface area contributed by atoms with E-state index in [9.17, 15) is 4.79 Å². The number of carbonyl (C=O) groups is 1. The number of anilines is 1. The van der Waals surface area contributed by atoms with Crippen LogP contribution in [0.2, 0.25) is 0 Å². The fourth-order valence-electron chi connectivity index (χ4n) is 2.17. The summed E-state index contributed by atoms with van der Waals surface area (Å²) < 4.78 is 0. The number of rotatable bonds is 5. The van der Waals surface area contributed by atoms with Crippen LogP contribution in [0.1, 0.15) is 22.8 Å². The number of para-hydroxylation sites is 1. The van der Waals surface area contributed by atoms with E-state index < -0.39 is 0 Å². The smallest absolute Gasteiger partial charge is 0.255 e. The summed E-state index contributed by atoms with van der Waals surface area (Å²) in [5.41, 5.74) is 8.23. The Labute approximate surface area is 120 Å². The predicted octanol–water partition coefficient (Wildman–Crippen LogP) is 2.97. The number of likely N-dealkylation sites (N-methyl/N-ethyl adjacent to an activating group) is 1. The van der Waals surface area contributed by atoms with Gasteiger partial charge >= 0.3 is 0 Å². The summed E-state index contributed by atoms with van der Waals surface area (Å²) in [4.78, 5) is 14.3. The van der Waals surface area contributed by atoms with Crippen molar-refractivity contribution in [1.82, 2.24) is 4.90 Å². The molecule has 3 nitrogen and oxygen atoms in total. The zero-order chi connectivity index (χ0) is 14.4. The van der Waals surface area contributed by atoms with E-state index >= 15 is 0 Å². The van der Waals surface area contributed by atoms with Gasteiger partial charge in [0.25, 0.3) is 5.91 Å². The minimum Gasteiger partial charge on any atom is -0.398 e. The minimum absolute atomic E-state index is 0.00142. The lowest BCUT2D eigenvalue weighted by Gasteiger charge is -2.21. The van der Waals surface area contributed by atoms with Crippen LogP contribution >= 0.6 is 0 Å². The van der Waals surface area contributed by atoms with Crippen molar-refractivity contribution in [3.63, 3.8) is 0 Å². The first-order valence-electron chi connectivity index (χ1n) is 6.90. The highest BCUT2D eigenvalue weighted by Crippen LogP contribution is 2.14. The molecule has 0 bridgehead atoms. The molecule has 0 aromatic heterocycles. The second-order valence-electron chi connectivity index (χ2n) is 4.71. The van der Waals surface area contributed by atoms with Crippen LogP contribution in [0.4, 0.5) is 5.69 Å². The van der Waals surface area contributed by atoms with E-state index in [-0.39, 0.29) is 5.91 Å². The van der Waals surface area contributed by atoms with Crippen molar-refractivity contribution in [1.29, 1.82) is 0 Å². The van der Waals surface area contributed by atoms with Crippen molar-refractivity contribution in [3.8, 4) is 0 Å². The average molecular weight is 268 g/mol. The average Bonchev–Trinajstić information content (AvgIpc) is 2.49. The summed E-state index contributed by atoms with van der Waals surface area (Å²) >= 11 is 0. The topological polar surface area (TPSA) is 46.3 Å². The number of amides is 1. The maximum atomic E-state index is 12.5. The molecule has 2 N–H and O–H groups in total. The molecular formula is C17H20N2O. The molecule has 0 saturated heterocycles. The fourth-order valence-corrected chi connectivity index (χ4v) is 2.17. The van der Waals surface area contributed by atoms with Crippen LogP contribution in [0.5, 0.6) is 0 Å². The van der Waals surface area contributed by atoms with Crippen molar-refractivity contribution < 1.29 is 4.79 Å². The van der Waals surface area contributed by atoms with E-state index in [4.69, 9.17) is 5.73 Å². The maximum Gasteiger partial charge on any atom is 0.255 e. The molecule has 0 aliphatic heterocycles. The summed E-state index contributed by atoms with van der Waals surface area (Å²) in [5, 5.41) is 0. The van der Waals surface area contributed by atoms with Crippen molar-refractivity contribution >= 4 is 11.6 Å². The van der Waals surface area contributed by atoms with Crippen LogP contribution in [-0.4, -0.2) is 23.9 Å². The highest BCUT2D eigenvalue weighted by atomic mass is 16.2. The number of carbonyl (C=O) groups excluding carboxylic acids is 1. The van der Waals surface area contributed by atoms with Gasteiger partial charge in [-0.2, -0.15) is 0 Å². The molecule has 0 atom stereocenters. The third-order valence-electron chi connectivity index (χ3n) is 3.37. The number of hydrogen-bond donors (Lipinski definition) is 1. The van der Waals surface area contributed by atoms with Crippen LogP contribution in [-0.2, 0) is 6.42 Å². The lowest BCUT2D eigenvalue weighted by atomic mass is 10.1. The largest absolute Gasteiger partial charge is 0.398 e. The zero-order valence-corrected chi connectivity index (χ0v) is 11.8. The van der Waals surface area contributed by atoms with Gasteiger partial charge in [0.05, 0.1) is 5.56 Å². The van der Waals surface area contributed by atoms with Gasteiger partial charge in [0.1, 0.15) is 0 Å². The van der Waals surface area contributed by atoms with Gasteiger partial charge in [-0.1, -0.05) is 42.5 Å². The van der Waals surface area contributed by atoms with Crippen LogP contribution in [0, 0.1) is 0 Å². The Morgan fingerprint density at radius 3 is 2.35 bits per heavy atom. The molecule has 2 rings (SSSR count). The van der Waals surface area contributed by atoms with Gasteiger partial charge in [-0.05, 0) is 31.0 Å². The van der Waals surface area contributed by atoms with Gasteiger partial charge < -0.3 is 10.6 Å². The molecule has 0 heterocycles. The third kappa shape index (κ3) is 3.38. The number of benzene rings is 2. The standard InChI is InChI=1S/C17H20N2O/c1-2-19(13-12-14-8-4-3-5-9-14)17(20)15-10-6-7-11-16(15)18/h3-11H,2,12-13,18H2,1H3. The van der Waals surface area contributed by atoms with Crippen molar-refractivity contribution in [2.75, 3.05) is 18.8 Å². The number of hydrogen-bond acceptors (Lipinski definition) is 2. The first-order valence-corrected chi connectivity index (χ1v) is 6.90. The van der Waals surface area contributed by atoms with Gasteiger partial charge in [0, 0.05) is 18.8 Å². The van der Waals surface area contributed by atoms with Crippen LogP contribution in [0.25, 0.3) is 0 Å². The molecule has 2 aromatic rings. The zero-order valence-electron chi connectivity index (χ0n) is 11.8. The lowest BCUT2D eigenvalue weighted by Crippen LogP contribution is -2.33. The summed E-state index contributed by atoms with van der Waals surface area (Å²) in [6.07, 6.45) is 0.854. The second-order valence-corrected chi connectivity index (χ2v) is 4.71. The van der Waals surface area contributed by atoms with Gasteiger partial charge in [0.2, 0.25) is 0 Å². The molecule has 104 valence electrons. The van der Waals surface area contributed by atoms with Crippen LogP contribution in [0.3, 0.4) is 0 Å². The van der Waals surface area contributed by atoms with E-state index in [1.54, 1.807) is 12.1 Å². The fraction of sp³-hybridized carbons (Fsp3) is 0.235. The monoisotopic (exact) mass is 268 g/mol. The molecule has 20 heavy (non-hydrogen) atoms. The first kappa shape index (κ1) is 14.1. The molecule has 0 unspecified atom stereocenters. The normalized spacial score (nSPS) is 10.2. The Morgan fingerprint density at radius 2 is 1.70 bits per heavy atom. The predicted molar refractivity (Wildman–Crippen MR) is 82.6 cm³/mol. The van der Waals surface area contributed by atoms with Crippen LogP contribution in [0.15, 0.2) is 54.6 Å². The van der Waals surface area contributed by atoms with Crippen molar-refractivity contribution in [2.24, 2.45) is 0 Å². The minimum atomic E-state index is 0.00142. The summed E-state index contributed by atoms with van der Waals surface area (Å²) in [5.74, 6) is 0.00142. The molecule has 2 aromatic carbocycles. The molecule has 0 fully saturated rings. The lowest BCUT2D eigenvalue weighted by molar-refractivity contribution is 0.0767. The molecule has 0 spiro atoms. The van der Waals surface area contributed by atoms with Crippen molar-refractivity contribution in [3.05, 3.63) is 65.7 Å². The first-order chi connectivity index (χ1) is 9.72. The second kappa shape index (κ2) is 6.75. The molecule has 0 saturated carbocycles. The Kier molecular flexibility index (Phi) is 4.77. The van der Waals surface area contributed by atoms with Crippen molar-refractivity contribution in [2.45, 2.75) is 13.3 Å². The molecule has 3 heteroatoms. The van der Waals surface area contributed by atoms with E-state index in [1.807, 2.05) is 42.2 Å². The quantitative estimate of drug-likeness (QED) is 0.847. The Balaban J connectivity index is 2.05. The van der Waals surface area contributed by atoms with Gasteiger partial charge in [-0.3, -0.25) is 4.79 Å². The van der Waals surface area contributed by atoms with Gasteiger partial charge in [0.15, 0.2) is 0 Å². The van der Waals surface area contributed by atoms with E-state index in [1.165, 1.54) is 5.56 Å². The summed E-state index contributed by atoms with van der Waals surface area (Å²) in [7, 11) is 0. The van der Waals surface area contributed by atoms with Crippen LogP contribution < -0.4 is 5.73 Å².